The first-order chi connectivity index (χ1) is 28.6. The van der Waals surface area contributed by atoms with Gasteiger partial charge in [0.25, 0.3) is 17.7 Å². The van der Waals surface area contributed by atoms with Gasteiger partial charge in [-0.2, -0.15) is 0 Å². The van der Waals surface area contributed by atoms with E-state index in [0.29, 0.717) is 19.3 Å². The monoisotopic (exact) mass is 825 g/mol. The Morgan fingerprint density at radius 2 is 0.633 bits per heavy atom. The second-order valence-corrected chi connectivity index (χ2v) is 16.2. The van der Waals surface area contributed by atoms with E-state index < -0.39 is 89.8 Å². The summed E-state index contributed by atoms with van der Waals surface area (Å²) in [6.07, 6.45) is -2.61. The van der Waals surface area contributed by atoms with Crippen LogP contribution in [0, 0.1) is 17.8 Å². The van der Waals surface area contributed by atoms with Gasteiger partial charge < -0.3 is 28.9 Å². The molecule has 324 valence electrons. The number of rotatable bonds is 12. The van der Waals surface area contributed by atoms with Crippen molar-refractivity contribution in [3.63, 3.8) is 0 Å². The number of likely N-dealkylation sites (N-methyl/N-ethyl adjacent to an activating group) is 3. The Balaban J connectivity index is 1.93. The summed E-state index contributed by atoms with van der Waals surface area (Å²) in [5.74, 6) is -5.90. The molecule has 1 heterocycles. The molecule has 9 unspecified atom stereocenters. The number of ether oxygens (including phenoxy) is 3. The Bertz CT molecular complexity index is 1670. The number of benzene rings is 3. The van der Waals surface area contributed by atoms with Crippen LogP contribution in [-0.2, 0) is 62.2 Å². The van der Waals surface area contributed by atoms with Crippen LogP contribution in [0.1, 0.15) is 77.5 Å². The molecule has 0 N–H and O–H groups in total. The summed E-state index contributed by atoms with van der Waals surface area (Å²) in [5, 5.41) is 0. The van der Waals surface area contributed by atoms with Crippen LogP contribution >= 0.6 is 0 Å². The van der Waals surface area contributed by atoms with Gasteiger partial charge in [0, 0.05) is 58.2 Å². The fourth-order valence-corrected chi connectivity index (χ4v) is 7.19. The van der Waals surface area contributed by atoms with Crippen molar-refractivity contribution >= 4 is 35.6 Å². The third kappa shape index (κ3) is 11.8. The van der Waals surface area contributed by atoms with Crippen LogP contribution in [0.2, 0.25) is 0 Å². The number of nitrogens with zero attached hydrogens (tertiary/aromatic N) is 3. The molecule has 9 atom stereocenters. The molecular formula is C48H63N3O9. The zero-order valence-electron chi connectivity index (χ0n) is 36.6. The van der Waals surface area contributed by atoms with Crippen LogP contribution in [0.3, 0.4) is 0 Å². The third-order valence-electron chi connectivity index (χ3n) is 12.0. The van der Waals surface area contributed by atoms with Gasteiger partial charge in [-0.25, -0.2) is 14.4 Å². The van der Waals surface area contributed by atoms with Gasteiger partial charge in [0.05, 0.1) is 0 Å². The highest BCUT2D eigenvalue weighted by atomic mass is 16.6. The lowest BCUT2D eigenvalue weighted by Crippen LogP contribution is -2.57. The summed E-state index contributed by atoms with van der Waals surface area (Å²) in [6.45, 7) is 10.9. The molecule has 12 nitrogen and oxygen atoms in total. The summed E-state index contributed by atoms with van der Waals surface area (Å²) in [5.41, 5.74) is 2.18. The van der Waals surface area contributed by atoms with Crippen molar-refractivity contribution in [2.75, 3.05) is 21.1 Å². The van der Waals surface area contributed by atoms with E-state index in [1.165, 1.54) is 35.8 Å². The van der Waals surface area contributed by atoms with Crippen molar-refractivity contribution < 1.29 is 43.0 Å². The average molecular weight is 826 g/mol. The van der Waals surface area contributed by atoms with Gasteiger partial charge in [0.1, 0.15) is 18.1 Å². The normalized spacial score (nSPS) is 24.4. The number of hydrogen-bond acceptors (Lipinski definition) is 9. The molecule has 0 spiro atoms. The first-order valence-electron chi connectivity index (χ1n) is 21.2. The molecule has 1 aliphatic heterocycles. The van der Waals surface area contributed by atoms with Gasteiger partial charge in [-0.1, -0.05) is 133 Å². The van der Waals surface area contributed by atoms with Crippen molar-refractivity contribution in [3.05, 3.63) is 108 Å². The summed E-state index contributed by atoms with van der Waals surface area (Å²) in [4.78, 5) is 91.4. The van der Waals surface area contributed by atoms with E-state index in [2.05, 4.69) is 0 Å². The van der Waals surface area contributed by atoms with Gasteiger partial charge in [-0.05, 0) is 36.0 Å². The van der Waals surface area contributed by atoms with E-state index in [0.717, 1.165) is 16.7 Å². The second kappa shape index (κ2) is 22.2. The van der Waals surface area contributed by atoms with Crippen molar-refractivity contribution in [2.24, 2.45) is 17.8 Å². The highest BCUT2D eigenvalue weighted by Gasteiger charge is 2.44. The van der Waals surface area contributed by atoms with Gasteiger partial charge in [-0.3, -0.25) is 14.4 Å². The van der Waals surface area contributed by atoms with Crippen molar-refractivity contribution in [1.29, 1.82) is 0 Å². The Morgan fingerprint density at radius 1 is 0.417 bits per heavy atom. The predicted molar refractivity (Wildman–Crippen MR) is 228 cm³/mol. The molecule has 3 aromatic rings. The molecule has 0 bridgehead atoms. The molecule has 4 rings (SSSR count). The average Bonchev–Trinajstić information content (AvgIpc) is 3.27. The Hall–Kier alpha value is -5.52. The molecule has 1 saturated heterocycles. The number of carbonyl (C=O) groups is 6. The molecule has 0 aromatic heterocycles. The number of carbonyl (C=O) groups excluding carboxylic acids is 6. The SMILES string of the molecule is CCC(C)C1OC(=O)C(Cc2ccccc2)N(C)C(=O)C(C(C)CC)OC(=O)C(Cc2ccccc2)N(C)C(=O)C(C(C)CC)OC(=O)C(Cc2ccccc2)N(C)C1=O. The lowest BCUT2D eigenvalue weighted by Gasteiger charge is -2.37. The minimum Gasteiger partial charge on any atom is -0.450 e. The van der Waals surface area contributed by atoms with E-state index in [-0.39, 0.29) is 19.3 Å². The maximum atomic E-state index is 14.7. The highest BCUT2D eigenvalue weighted by molar-refractivity contribution is 5.94. The zero-order valence-corrected chi connectivity index (χ0v) is 36.6. The molecule has 3 aromatic carbocycles. The van der Waals surface area contributed by atoms with E-state index in [1.54, 1.807) is 20.8 Å². The lowest BCUT2D eigenvalue weighted by molar-refractivity contribution is -0.180. The third-order valence-corrected chi connectivity index (χ3v) is 12.0. The van der Waals surface area contributed by atoms with Gasteiger partial charge in [0.2, 0.25) is 0 Å². The number of esters is 3. The summed E-state index contributed by atoms with van der Waals surface area (Å²) >= 11 is 0. The van der Waals surface area contributed by atoms with Crippen molar-refractivity contribution in [1.82, 2.24) is 14.7 Å². The molecule has 1 fully saturated rings. The van der Waals surface area contributed by atoms with E-state index >= 15 is 0 Å². The number of cyclic esters (lactones) is 3. The zero-order chi connectivity index (χ0) is 44.1. The fraction of sp³-hybridized carbons (Fsp3) is 0.500. The first-order valence-corrected chi connectivity index (χ1v) is 21.2. The van der Waals surface area contributed by atoms with E-state index in [4.69, 9.17) is 14.2 Å². The van der Waals surface area contributed by atoms with Crippen LogP contribution in [0.15, 0.2) is 91.0 Å². The van der Waals surface area contributed by atoms with Crippen molar-refractivity contribution in [2.45, 2.75) is 117 Å². The van der Waals surface area contributed by atoms with Gasteiger partial charge >= 0.3 is 17.9 Å². The highest BCUT2D eigenvalue weighted by Crippen LogP contribution is 2.26. The van der Waals surface area contributed by atoms with Crippen LogP contribution in [0.4, 0.5) is 0 Å². The Labute approximate surface area is 355 Å². The molecule has 60 heavy (non-hydrogen) atoms. The molecule has 1 aliphatic rings. The molecule has 3 amide bonds. The Kier molecular flexibility index (Phi) is 17.4. The maximum Gasteiger partial charge on any atom is 0.329 e. The maximum absolute atomic E-state index is 14.7. The lowest BCUT2D eigenvalue weighted by atomic mass is 9.96. The minimum absolute atomic E-state index is 0.0359. The smallest absolute Gasteiger partial charge is 0.329 e. The van der Waals surface area contributed by atoms with E-state index in [1.807, 2.05) is 112 Å². The van der Waals surface area contributed by atoms with Crippen LogP contribution in [0.5, 0.6) is 0 Å². The van der Waals surface area contributed by atoms with Gasteiger partial charge in [-0.15, -0.1) is 0 Å². The summed E-state index contributed by atoms with van der Waals surface area (Å²) in [6, 6.07) is 23.6. The standard InChI is InChI=1S/C48H63N3O9/c1-10-31(4)40-43(52)49(7)38(29-35-24-18-14-19-25-35)47(56)59-42(33(6)12-3)45(54)51(9)39(30-36-26-20-15-21-27-36)48(57)60-41(32(5)11-2)44(53)50(8)37(46(55)58-40)28-34-22-16-13-17-23-34/h13-27,31-33,37-42H,10-12,28-30H2,1-9H3. The van der Waals surface area contributed by atoms with Crippen LogP contribution in [0.25, 0.3) is 0 Å². The predicted octanol–water partition coefficient (Wildman–Crippen LogP) is 6.08. The quantitative estimate of drug-likeness (QED) is 0.157. The van der Waals surface area contributed by atoms with Crippen LogP contribution in [-0.4, -0.2) is 108 Å². The topological polar surface area (TPSA) is 140 Å². The van der Waals surface area contributed by atoms with Crippen LogP contribution < -0.4 is 0 Å². The van der Waals surface area contributed by atoms with Crippen molar-refractivity contribution in [3.8, 4) is 0 Å². The molecular weight excluding hydrogens is 763 g/mol. The molecule has 0 saturated carbocycles. The van der Waals surface area contributed by atoms with E-state index in [9.17, 15) is 28.8 Å². The fourth-order valence-electron chi connectivity index (χ4n) is 7.19. The first kappa shape index (κ1) is 47.2. The molecule has 0 aliphatic carbocycles. The Morgan fingerprint density at radius 3 is 0.833 bits per heavy atom. The number of hydrogen-bond donors (Lipinski definition) is 0. The molecule has 12 heteroatoms. The molecule has 0 radical (unpaired) electrons. The summed E-state index contributed by atoms with van der Waals surface area (Å²) < 4.78 is 18.5. The second-order valence-electron chi connectivity index (χ2n) is 16.2. The largest absolute Gasteiger partial charge is 0.450 e. The van der Waals surface area contributed by atoms with Gasteiger partial charge in [0.15, 0.2) is 18.3 Å². The number of amides is 3. The summed E-state index contributed by atoms with van der Waals surface area (Å²) in [7, 11) is 4.39. The minimum atomic E-state index is -1.35.